The number of amides is 1. The summed E-state index contributed by atoms with van der Waals surface area (Å²) in [6.07, 6.45) is 4.00. The highest BCUT2D eigenvalue weighted by Crippen LogP contribution is 2.29. The van der Waals surface area contributed by atoms with Gasteiger partial charge in [0.15, 0.2) is 5.69 Å². The molecule has 5 heteroatoms. The van der Waals surface area contributed by atoms with Crippen molar-refractivity contribution in [2.75, 3.05) is 13.1 Å². The highest BCUT2D eigenvalue weighted by atomic mass is 16.2. The standard InChI is InChI=1S/C25H28N4O/c1-18-8-5-6-12-22(18)29-23-13-7-11-21(23)24(27-29)25(30)26-20-14-15-28(17-20)16-19-9-3-2-4-10-19/h2-6,8-10,12,20H,7,11,13-17H2,1H3,(H,26,30). The van der Waals surface area contributed by atoms with Crippen LogP contribution in [0.2, 0.25) is 0 Å². The van der Waals surface area contributed by atoms with Gasteiger partial charge in [-0.25, -0.2) is 4.68 Å². The lowest BCUT2D eigenvalue weighted by Gasteiger charge is -2.16. The number of aromatic nitrogens is 2. The van der Waals surface area contributed by atoms with Crippen LogP contribution < -0.4 is 5.32 Å². The fraction of sp³-hybridized carbons (Fsp3) is 0.360. The van der Waals surface area contributed by atoms with Crippen molar-refractivity contribution in [3.05, 3.63) is 82.7 Å². The van der Waals surface area contributed by atoms with E-state index in [0.717, 1.165) is 56.6 Å². The summed E-state index contributed by atoms with van der Waals surface area (Å²) in [4.78, 5) is 15.6. The molecule has 1 fully saturated rings. The van der Waals surface area contributed by atoms with Crippen molar-refractivity contribution < 1.29 is 4.79 Å². The molecule has 1 saturated heterocycles. The van der Waals surface area contributed by atoms with Crippen LogP contribution in [-0.2, 0) is 19.4 Å². The van der Waals surface area contributed by atoms with Crippen molar-refractivity contribution in [2.24, 2.45) is 0 Å². The minimum Gasteiger partial charge on any atom is -0.347 e. The van der Waals surface area contributed by atoms with E-state index in [9.17, 15) is 4.79 Å². The van der Waals surface area contributed by atoms with Gasteiger partial charge in [0.2, 0.25) is 0 Å². The first-order valence-electron chi connectivity index (χ1n) is 10.9. The molecule has 1 aliphatic heterocycles. The van der Waals surface area contributed by atoms with Crippen molar-refractivity contribution in [3.63, 3.8) is 0 Å². The van der Waals surface area contributed by atoms with Gasteiger partial charge < -0.3 is 5.32 Å². The van der Waals surface area contributed by atoms with Crippen LogP contribution in [0.3, 0.4) is 0 Å². The average molecular weight is 401 g/mol. The maximum Gasteiger partial charge on any atom is 0.272 e. The molecule has 1 amide bonds. The topological polar surface area (TPSA) is 50.2 Å². The predicted molar refractivity (Wildman–Crippen MR) is 118 cm³/mol. The fourth-order valence-corrected chi connectivity index (χ4v) is 4.81. The summed E-state index contributed by atoms with van der Waals surface area (Å²) < 4.78 is 2.00. The summed E-state index contributed by atoms with van der Waals surface area (Å²) in [7, 11) is 0. The lowest BCUT2D eigenvalue weighted by molar-refractivity contribution is 0.0931. The highest BCUT2D eigenvalue weighted by molar-refractivity contribution is 5.94. The summed E-state index contributed by atoms with van der Waals surface area (Å²) >= 11 is 0. The number of hydrogen-bond donors (Lipinski definition) is 1. The van der Waals surface area contributed by atoms with Gasteiger partial charge in [-0.3, -0.25) is 9.69 Å². The Morgan fingerprint density at radius 2 is 1.90 bits per heavy atom. The van der Waals surface area contributed by atoms with E-state index < -0.39 is 0 Å². The van der Waals surface area contributed by atoms with Gasteiger partial charge in [-0.05, 0) is 49.8 Å². The van der Waals surface area contributed by atoms with Crippen LogP contribution in [0.15, 0.2) is 54.6 Å². The molecule has 0 saturated carbocycles. The first-order valence-corrected chi connectivity index (χ1v) is 10.9. The van der Waals surface area contributed by atoms with E-state index >= 15 is 0 Å². The molecule has 30 heavy (non-hydrogen) atoms. The van der Waals surface area contributed by atoms with Crippen molar-refractivity contribution in [1.82, 2.24) is 20.0 Å². The number of nitrogens with one attached hydrogen (secondary N) is 1. The van der Waals surface area contributed by atoms with Crippen LogP contribution in [0.1, 0.15) is 45.7 Å². The van der Waals surface area contributed by atoms with Crippen molar-refractivity contribution in [2.45, 2.75) is 45.2 Å². The number of carbonyl (C=O) groups is 1. The van der Waals surface area contributed by atoms with E-state index in [-0.39, 0.29) is 11.9 Å². The van der Waals surface area contributed by atoms with E-state index in [0.29, 0.717) is 5.69 Å². The van der Waals surface area contributed by atoms with Gasteiger partial charge in [-0.15, -0.1) is 0 Å². The molecule has 1 N–H and O–H groups in total. The normalized spacial score (nSPS) is 18.5. The maximum atomic E-state index is 13.1. The number of fused-ring (bicyclic) bond motifs is 1. The third-order valence-electron chi connectivity index (χ3n) is 6.35. The van der Waals surface area contributed by atoms with E-state index in [1.54, 1.807) is 0 Å². The zero-order valence-corrected chi connectivity index (χ0v) is 17.5. The van der Waals surface area contributed by atoms with E-state index in [1.807, 2.05) is 22.9 Å². The second-order valence-corrected chi connectivity index (χ2v) is 8.51. The number of carbonyl (C=O) groups excluding carboxylic acids is 1. The number of para-hydroxylation sites is 1. The van der Waals surface area contributed by atoms with E-state index in [4.69, 9.17) is 5.10 Å². The molecule has 1 atom stereocenters. The smallest absolute Gasteiger partial charge is 0.272 e. The van der Waals surface area contributed by atoms with Crippen molar-refractivity contribution >= 4 is 5.91 Å². The van der Waals surface area contributed by atoms with Gasteiger partial charge in [-0.2, -0.15) is 5.10 Å². The SMILES string of the molecule is Cc1ccccc1-n1nc(C(=O)NC2CCN(Cc3ccccc3)C2)c2c1CCC2. The molecule has 5 nitrogen and oxygen atoms in total. The second-order valence-electron chi connectivity index (χ2n) is 8.51. The molecular formula is C25H28N4O. The van der Waals surface area contributed by atoms with Crippen molar-refractivity contribution in [3.8, 4) is 5.69 Å². The van der Waals surface area contributed by atoms with Crippen molar-refractivity contribution in [1.29, 1.82) is 0 Å². The Morgan fingerprint density at radius 3 is 2.73 bits per heavy atom. The first-order chi connectivity index (χ1) is 14.7. The second kappa shape index (κ2) is 8.07. The summed E-state index contributed by atoms with van der Waals surface area (Å²) in [6, 6.07) is 19.0. The number of rotatable bonds is 5. The zero-order valence-electron chi connectivity index (χ0n) is 17.5. The Morgan fingerprint density at radius 1 is 1.10 bits per heavy atom. The maximum absolute atomic E-state index is 13.1. The van der Waals surface area contributed by atoms with Crippen LogP contribution in [0, 0.1) is 6.92 Å². The Balaban J connectivity index is 1.30. The van der Waals surface area contributed by atoms with Crippen LogP contribution in [-0.4, -0.2) is 39.7 Å². The van der Waals surface area contributed by atoms with Gasteiger partial charge in [0, 0.05) is 36.9 Å². The Bertz CT molecular complexity index is 1060. The molecule has 5 rings (SSSR count). The van der Waals surface area contributed by atoms with Gasteiger partial charge in [-0.1, -0.05) is 48.5 Å². The molecule has 0 bridgehead atoms. The molecular weight excluding hydrogens is 372 g/mol. The molecule has 2 aromatic carbocycles. The summed E-state index contributed by atoms with van der Waals surface area (Å²) in [5.74, 6) is -0.0213. The predicted octanol–water partition coefficient (Wildman–Crippen LogP) is 3.67. The highest BCUT2D eigenvalue weighted by Gasteiger charge is 2.30. The van der Waals surface area contributed by atoms with E-state index in [2.05, 4.69) is 53.5 Å². The van der Waals surface area contributed by atoms with Crippen LogP contribution >= 0.6 is 0 Å². The number of hydrogen-bond acceptors (Lipinski definition) is 3. The van der Waals surface area contributed by atoms with Crippen LogP contribution in [0.25, 0.3) is 5.69 Å². The molecule has 1 aliphatic carbocycles. The molecule has 2 heterocycles. The van der Waals surface area contributed by atoms with E-state index in [1.165, 1.54) is 16.8 Å². The summed E-state index contributed by atoms with van der Waals surface area (Å²) in [5, 5.41) is 8.05. The lowest BCUT2D eigenvalue weighted by Crippen LogP contribution is -2.37. The zero-order chi connectivity index (χ0) is 20.5. The minimum absolute atomic E-state index is 0.0213. The van der Waals surface area contributed by atoms with Gasteiger partial charge in [0.1, 0.15) is 0 Å². The van der Waals surface area contributed by atoms with Gasteiger partial charge in [0.25, 0.3) is 5.91 Å². The monoisotopic (exact) mass is 400 g/mol. The number of aryl methyl sites for hydroxylation is 1. The summed E-state index contributed by atoms with van der Waals surface area (Å²) in [5.41, 5.74) is 6.52. The third kappa shape index (κ3) is 3.65. The lowest BCUT2D eigenvalue weighted by atomic mass is 10.1. The molecule has 2 aliphatic rings. The Labute approximate surface area is 177 Å². The Kier molecular flexibility index (Phi) is 5.13. The Hall–Kier alpha value is -2.92. The number of likely N-dealkylation sites (tertiary alicyclic amines) is 1. The minimum atomic E-state index is -0.0213. The van der Waals surface area contributed by atoms with Crippen LogP contribution in [0.5, 0.6) is 0 Å². The molecule has 3 aromatic rings. The van der Waals surface area contributed by atoms with Gasteiger partial charge in [0.05, 0.1) is 5.69 Å². The molecule has 1 aromatic heterocycles. The number of benzene rings is 2. The first kappa shape index (κ1) is 19.1. The quantitative estimate of drug-likeness (QED) is 0.711. The third-order valence-corrected chi connectivity index (χ3v) is 6.35. The fourth-order valence-electron chi connectivity index (χ4n) is 4.81. The molecule has 0 spiro atoms. The number of nitrogens with zero attached hydrogens (tertiary/aromatic N) is 3. The average Bonchev–Trinajstić information content (AvgIpc) is 3.46. The largest absolute Gasteiger partial charge is 0.347 e. The molecule has 154 valence electrons. The molecule has 1 unspecified atom stereocenters. The summed E-state index contributed by atoms with van der Waals surface area (Å²) in [6.45, 7) is 4.93. The molecule has 0 radical (unpaired) electrons. The van der Waals surface area contributed by atoms with Gasteiger partial charge >= 0.3 is 0 Å². The van der Waals surface area contributed by atoms with Crippen LogP contribution in [0.4, 0.5) is 0 Å².